The molecule has 0 radical (unpaired) electrons. The molecule has 0 aliphatic heterocycles. The number of phenolic OH excluding ortho intramolecular Hbond substituents is 1. The van der Waals surface area contributed by atoms with Gasteiger partial charge in [-0.1, -0.05) is 17.7 Å². The van der Waals surface area contributed by atoms with E-state index < -0.39 is 0 Å². The molecule has 2 rings (SSSR count). The number of nitrogens with one attached hydrogen (secondary N) is 1. The first-order chi connectivity index (χ1) is 9.38. The van der Waals surface area contributed by atoms with Crippen molar-refractivity contribution < 1.29 is 9.50 Å². The summed E-state index contributed by atoms with van der Waals surface area (Å²) in [6, 6.07) is 8.54. The molecular weight excluding hydrogens is 321 g/mol. The topological polar surface area (TPSA) is 32.3 Å². The van der Waals surface area contributed by atoms with Crippen molar-refractivity contribution >= 4 is 21.6 Å². The second kappa shape index (κ2) is 5.83. The van der Waals surface area contributed by atoms with Gasteiger partial charge in [-0.05, 0) is 60.5 Å². The van der Waals surface area contributed by atoms with E-state index in [0.717, 1.165) is 22.4 Å². The largest absolute Gasteiger partial charge is 0.508 e. The summed E-state index contributed by atoms with van der Waals surface area (Å²) in [5.74, 6) is -0.0652. The molecule has 2 N–H and O–H groups in total. The Balaban J connectivity index is 2.30. The highest BCUT2D eigenvalue weighted by Crippen LogP contribution is 2.30. The van der Waals surface area contributed by atoms with Gasteiger partial charge in [0, 0.05) is 11.3 Å². The fraction of sp³-hybridized carbons (Fsp3) is 0.250. The normalized spacial score (nSPS) is 12.2. The number of aryl methyl sites for hydroxylation is 2. The Bertz CT molecular complexity index is 643. The molecule has 0 fully saturated rings. The van der Waals surface area contributed by atoms with Crippen LogP contribution in [-0.4, -0.2) is 5.11 Å². The summed E-state index contributed by atoms with van der Waals surface area (Å²) in [7, 11) is 0. The first kappa shape index (κ1) is 14.9. The second-order valence-electron chi connectivity index (χ2n) is 5.01. The Morgan fingerprint density at radius 3 is 2.60 bits per heavy atom. The molecule has 0 spiro atoms. The summed E-state index contributed by atoms with van der Waals surface area (Å²) in [6.07, 6.45) is 0. The van der Waals surface area contributed by atoms with Gasteiger partial charge in [-0.15, -0.1) is 0 Å². The van der Waals surface area contributed by atoms with E-state index in [4.69, 9.17) is 0 Å². The van der Waals surface area contributed by atoms with Gasteiger partial charge in [-0.2, -0.15) is 0 Å². The number of anilines is 1. The van der Waals surface area contributed by atoms with Crippen LogP contribution in [0.3, 0.4) is 0 Å². The van der Waals surface area contributed by atoms with E-state index in [-0.39, 0.29) is 17.6 Å². The summed E-state index contributed by atoms with van der Waals surface area (Å²) in [5, 5.41) is 13.2. The number of hydrogen-bond acceptors (Lipinski definition) is 2. The van der Waals surface area contributed by atoms with Crippen LogP contribution < -0.4 is 5.32 Å². The lowest BCUT2D eigenvalue weighted by molar-refractivity contribution is 0.465. The summed E-state index contributed by atoms with van der Waals surface area (Å²) in [6.45, 7) is 5.82. The molecule has 2 nitrogen and oxygen atoms in total. The van der Waals surface area contributed by atoms with Gasteiger partial charge in [0.1, 0.15) is 11.6 Å². The van der Waals surface area contributed by atoms with E-state index >= 15 is 0 Å². The Kier molecular flexibility index (Phi) is 4.33. The van der Waals surface area contributed by atoms with Gasteiger partial charge in [0.05, 0.1) is 10.5 Å². The lowest BCUT2D eigenvalue weighted by Crippen LogP contribution is -2.08. The molecule has 1 unspecified atom stereocenters. The van der Waals surface area contributed by atoms with Crippen LogP contribution in [-0.2, 0) is 0 Å². The van der Waals surface area contributed by atoms with E-state index in [1.54, 1.807) is 12.1 Å². The van der Waals surface area contributed by atoms with E-state index in [0.29, 0.717) is 4.47 Å². The van der Waals surface area contributed by atoms with Crippen molar-refractivity contribution in [2.75, 3.05) is 5.32 Å². The van der Waals surface area contributed by atoms with Crippen LogP contribution >= 0.6 is 15.9 Å². The fourth-order valence-corrected chi connectivity index (χ4v) is 2.59. The molecule has 2 aromatic carbocycles. The minimum absolute atomic E-state index is 0.117. The van der Waals surface area contributed by atoms with Gasteiger partial charge < -0.3 is 10.4 Å². The quantitative estimate of drug-likeness (QED) is 0.818. The standard InChI is InChI=1S/C16H17BrFNO/c1-9-4-5-16(20)12(6-9)11(3)19-15-8-14(18)13(17)7-10(15)2/h4-8,11,19-20H,1-3H3. The Hall–Kier alpha value is -1.55. The zero-order valence-electron chi connectivity index (χ0n) is 11.7. The molecule has 0 aromatic heterocycles. The number of aromatic hydroxyl groups is 1. The van der Waals surface area contributed by atoms with Gasteiger partial charge in [0.15, 0.2) is 0 Å². The van der Waals surface area contributed by atoms with Crippen LogP contribution in [0, 0.1) is 19.7 Å². The Labute approximate surface area is 126 Å². The van der Waals surface area contributed by atoms with Crippen LogP contribution in [0.15, 0.2) is 34.8 Å². The van der Waals surface area contributed by atoms with Crippen molar-refractivity contribution in [1.29, 1.82) is 0 Å². The van der Waals surface area contributed by atoms with Crippen molar-refractivity contribution in [2.24, 2.45) is 0 Å². The van der Waals surface area contributed by atoms with Gasteiger partial charge >= 0.3 is 0 Å². The minimum Gasteiger partial charge on any atom is -0.508 e. The molecule has 106 valence electrons. The van der Waals surface area contributed by atoms with Crippen LogP contribution in [0.4, 0.5) is 10.1 Å². The molecule has 0 saturated carbocycles. The van der Waals surface area contributed by atoms with Crippen molar-refractivity contribution in [3.8, 4) is 5.75 Å². The monoisotopic (exact) mass is 337 g/mol. The smallest absolute Gasteiger partial charge is 0.139 e. The lowest BCUT2D eigenvalue weighted by atomic mass is 10.0. The second-order valence-corrected chi connectivity index (χ2v) is 5.86. The molecule has 4 heteroatoms. The molecular formula is C16H17BrFNO. The number of phenols is 1. The highest BCUT2D eigenvalue weighted by atomic mass is 79.9. The third-order valence-electron chi connectivity index (χ3n) is 3.29. The molecule has 0 amide bonds. The summed E-state index contributed by atoms with van der Waals surface area (Å²) in [5.41, 5.74) is 3.54. The molecule has 0 bridgehead atoms. The molecule has 2 aromatic rings. The van der Waals surface area contributed by atoms with E-state index in [1.165, 1.54) is 6.07 Å². The average Bonchev–Trinajstić information content (AvgIpc) is 2.38. The van der Waals surface area contributed by atoms with Crippen molar-refractivity contribution in [2.45, 2.75) is 26.8 Å². The molecule has 0 heterocycles. The van der Waals surface area contributed by atoms with Gasteiger partial charge in [-0.3, -0.25) is 0 Å². The van der Waals surface area contributed by atoms with E-state index in [2.05, 4.69) is 21.2 Å². The lowest BCUT2D eigenvalue weighted by Gasteiger charge is -2.19. The summed E-state index contributed by atoms with van der Waals surface area (Å²) >= 11 is 3.17. The van der Waals surface area contributed by atoms with Gasteiger partial charge in [0.2, 0.25) is 0 Å². The van der Waals surface area contributed by atoms with Crippen molar-refractivity contribution in [1.82, 2.24) is 0 Å². The van der Waals surface area contributed by atoms with Crippen molar-refractivity contribution in [3.05, 3.63) is 57.3 Å². The van der Waals surface area contributed by atoms with Crippen LogP contribution in [0.25, 0.3) is 0 Å². The zero-order valence-corrected chi connectivity index (χ0v) is 13.3. The Morgan fingerprint density at radius 1 is 1.20 bits per heavy atom. The maximum atomic E-state index is 13.6. The highest BCUT2D eigenvalue weighted by molar-refractivity contribution is 9.10. The molecule has 0 aliphatic carbocycles. The van der Waals surface area contributed by atoms with Crippen LogP contribution in [0.1, 0.15) is 29.7 Å². The van der Waals surface area contributed by atoms with E-state index in [9.17, 15) is 9.50 Å². The highest BCUT2D eigenvalue weighted by Gasteiger charge is 2.13. The molecule has 1 atom stereocenters. The summed E-state index contributed by atoms with van der Waals surface area (Å²) in [4.78, 5) is 0. The van der Waals surface area contributed by atoms with Gasteiger partial charge in [-0.25, -0.2) is 4.39 Å². The molecule has 20 heavy (non-hydrogen) atoms. The third kappa shape index (κ3) is 3.12. The minimum atomic E-state index is -0.307. The fourth-order valence-electron chi connectivity index (χ4n) is 2.13. The number of benzene rings is 2. The van der Waals surface area contributed by atoms with Crippen LogP contribution in [0.2, 0.25) is 0 Å². The average molecular weight is 338 g/mol. The first-order valence-corrected chi connectivity index (χ1v) is 7.19. The predicted octanol–water partition coefficient (Wildman–Crippen LogP) is 5.08. The van der Waals surface area contributed by atoms with Gasteiger partial charge in [0.25, 0.3) is 0 Å². The predicted molar refractivity (Wildman–Crippen MR) is 83.7 cm³/mol. The third-order valence-corrected chi connectivity index (χ3v) is 3.90. The molecule has 0 aliphatic rings. The number of rotatable bonds is 3. The first-order valence-electron chi connectivity index (χ1n) is 6.40. The van der Waals surface area contributed by atoms with Crippen LogP contribution in [0.5, 0.6) is 5.75 Å². The SMILES string of the molecule is Cc1ccc(O)c(C(C)Nc2cc(F)c(Br)cc2C)c1. The molecule has 0 saturated heterocycles. The number of hydrogen-bond donors (Lipinski definition) is 2. The maximum absolute atomic E-state index is 13.6. The summed E-state index contributed by atoms with van der Waals surface area (Å²) < 4.78 is 14.1. The Morgan fingerprint density at radius 2 is 1.90 bits per heavy atom. The van der Waals surface area contributed by atoms with E-state index in [1.807, 2.05) is 32.9 Å². The maximum Gasteiger partial charge on any atom is 0.139 e. The number of halogens is 2. The van der Waals surface area contributed by atoms with Crippen molar-refractivity contribution in [3.63, 3.8) is 0 Å². The zero-order chi connectivity index (χ0) is 14.9.